The third-order valence-electron chi connectivity index (χ3n) is 3.29. The van der Waals surface area contributed by atoms with Crippen molar-refractivity contribution in [1.82, 2.24) is 0 Å². The van der Waals surface area contributed by atoms with E-state index in [2.05, 4.69) is 6.92 Å². The van der Waals surface area contributed by atoms with Gasteiger partial charge in [0.25, 0.3) is 0 Å². The third-order valence-corrected chi connectivity index (χ3v) is 3.29. The van der Waals surface area contributed by atoms with Gasteiger partial charge in [-0.25, -0.2) is 0 Å². The van der Waals surface area contributed by atoms with E-state index in [1.165, 1.54) is 19.3 Å². The number of hydrogen-bond donors (Lipinski definition) is 0. The van der Waals surface area contributed by atoms with Crippen molar-refractivity contribution >= 4 is 5.78 Å². The van der Waals surface area contributed by atoms with E-state index >= 15 is 0 Å². The van der Waals surface area contributed by atoms with E-state index < -0.39 is 0 Å². The zero-order chi connectivity index (χ0) is 7.19. The van der Waals surface area contributed by atoms with Crippen molar-refractivity contribution in [2.45, 2.75) is 39.0 Å². The minimum Gasteiger partial charge on any atom is -0.299 e. The Hall–Kier alpha value is -0.330. The fourth-order valence-electron chi connectivity index (χ4n) is 2.34. The summed E-state index contributed by atoms with van der Waals surface area (Å²) in [5.74, 6) is 1.27. The molecule has 2 saturated carbocycles. The van der Waals surface area contributed by atoms with Crippen molar-refractivity contribution in [3.05, 3.63) is 0 Å². The molecule has 0 aromatic heterocycles. The van der Waals surface area contributed by atoms with Crippen LogP contribution in [0.25, 0.3) is 0 Å². The molecule has 2 fully saturated rings. The summed E-state index contributed by atoms with van der Waals surface area (Å²) in [6.45, 7) is 2.21. The Morgan fingerprint density at radius 1 is 1.50 bits per heavy atom. The zero-order valence-electron chi connectivity index (χ0n) is 6.52. The van der Waals surface area contributed by atoms with Crippen LogP contribution in [0.5, 0.6) is 0 Å². The third kappa shape index (κ3) is 0.664. The predicted molar refractivity (Wildman–Crippen MR) is 39.7 cm³/mol. The molecule has 0 bridgehead atoms. The van der Waals surface area contributed by atoms with Gasteiger partial charge in [0.05, 0.1) is 0 Å². The topological polar surface area (TPSA) is 17.1 Å². The summed E-state index contributed by atoms with van der Waals surface area (Å²) >= 11 is 0. The van der Waals surface area contributed by atoms with Crippen LogP contribution in [0.1, 0.15) is 39.0 Å². The molecule has 1 unspecified atom stereocenters. The van der Waals surface area contributed by atoms with E-state index in [1.807, 2.05) is 0 Å². The number of rotatable bonds is 0. The van der Waals surface area contributed by atoms with Crippen LogP contribution in [0.2, 0.25) is 0 Å². The van der Waals surface area contributed by atoms with Crippen LogP contribution in [0, 0.1) is 11.3 Å². The van der Waals surface area contributed by atoms with Crippen molar-refractivity contribution in [2.24, 2.45) is 11.3 Å². The zero-order valence-corrected chi connectivity index (χ0v) is 6.52. The van der Waals surface area contributed by atoms with Gasteiger partial charge in [0.1, 0.15) is 5.78 Å². The first-order valence-electron chi connectivity index (χ1n) is 4.29. The van der Waals surface area contributed by atoms with Gasteiger partial charge in [0, 0.05) is 11.8 Å². The molecular formula is C9H14O. The SMILES string of the molecule is C[C@@H]1CC12CCCCC2=O. The Bertz CT molecular complexity index is 174. The highest BCUT2D eigenvalue weighted by molar-refractivity contribution is 5.88. The molecule has 2 atom stereocenters. The smallest absolute Gasteiger partial charge is 0.139 e. The molecule has 1 heteroatoms. The van der Waals surface area contributed by atoms with Crippen molar-refractivity contribution in [1.29, 1.82) is 0 Å². The summed E-state index contributed by atoms with van der Waals surface area (Å²) < 4.78 is 0. The van der Waals surface area contributed by atoms with Crippen molar-refractivity contribution < 1.29 is 4.79 Å². The standard InChI is InChI=1S/C9H14O/c1-7-6-9(7)5-3-2-4-8(9)10/h7H,2-6H2,1H3/t7-,9?/m1/s1. The fraction of sp³-hybridized carbons (Fsp3) is 0.889. The van der Waals surface area contributed by atoms with Gasteiger partial charge in [-0.05, 0) is 25.2 Å². The molecule has 0 N–H and O–H groups in total. The molecule has 0 heterocycles. The van der Waals surface area contributed by atoms with Gasteiger partial charge in [-0.1, -0.05) is 13.3 Å². The molecule has 2 aliphatic rings. The molecule has 0 saturated heterocycles. The maximum Gasteiger partial charge on any atom is 0.139 e. The molecule has 1 spiro atoms. The summed E-state index contributed by atoms with van der Waals surface area (Å²) in [7, 11) is 0. The van der Waals surface area contributed by atoms with E-state index in [0.717, 1.165) is 12.8 Å². The first-order chi connectivity index (χ1) is 4.76. The Morgan fingerprint density at radius 3 is 2.60 bits per heavy atom. The number of hydrogen-bond acceptors (Lipinski definition) is 1. The molecular weight excluding hydrogens is 124 g/mol. The lowest BCUT2D eigenvalue weighted by Gasteiger charge is -2.19. The highest BCUT2D eigenvalue weighted by Gasteiger charge is 2.56. The second-order valence-corrected chi connectivity index (χ2v) is 3.89. The molecule has 0 radical (unpaired) electrons. The lowest BCUT2D eigenvalue weighted by atomic mass is 9.83. The summed E-state index contributed by atoms with van der Waals surface area (Å²) in [6, 6.07) is 0. The van der Waals surface area contributed by atoms with Gasteiger partial charge in [-0.3, -0.25) is 4.79 Å². The van der Waals surface area contributed by atoms with Gasteiger partial charge in [0.15, 0.2) is 0 Å². The number of carbonyl (C=O) groups is 1. The summed E-state index contributed by atoms with van der Waals surface area (Å²) in [6.07, 6.45) is 5.67. The van der Waals surface area contributed by atoms with Crippen LogP contribution in [0.4, 0.5) is 0 Å². The Balaban J connectivity index is 2.13. The van der Waals surface area contributed by atoms with E-state index in [9.17, 15) is 4.79 Å². The molecule has 2 rings (SSSR count). The minimum absolute atomic E-state index is 0.207. The number of Topliss-reactive ketones (excluding diaryl/α,β-unsaturated/α-hetero) is 1. The van der Waals surface area contributed by atoms with Crippen LogP contribution >= 0.6 is 0 Å². The quantitative estimate of drug-likeness (QED) is 0.501. The maximum atomic E-state index is 11.4. The van der Waals surface area contributed by atoms with Gasteiger partial charge < -0.3 is 0 Å². The molecule has 0 aliphatic heterocycles. The Morgan fingerprint density at radius 2 is 2.20 bits per heavy atom. The van der Waals surface area contributed by atoms with E-state index in [-0.39, 0.29) is 5.41 Å². The van der Waals surface area contributed by atoms with Crippen LogP contribution < -0.4 is 0 Å². The second-order valence-electron chi connectivity index (χ2n) is 3.89. The van der Waals surface area contributed by atoms with Gasteiger partial charge in [0.2, 0.25) is 0 Å². The second kappa shape index (κ2) is 1.84. The molecule has 2 aliphatic carbocycles. The number of ketones is 1. The maximum absolute atomic E-state index is 11.4. The van der Waals surface area contributed by atoms with Crippen molar-refractivity contribution in [3.63, 3.8) is 0 Å². The van der Waals surface area contributed by atoms with Gasteiger partial charge in [-0.15, -0.1) is 0 Å². The lowest BCUT2D eigenvalue weighted by Crippen LogP contribution is -2.21. The van der Waals surface area contributed by atoms with Crippen LogP contribution in [-0.2, 0) is 4.79 Å². The Kier molecular flexibility index (Phi) is 1.17. The average Bonchev–Trinajstić information content (AvgIpc) is 2.53. The van der Waals surface area contributed by atoms with E-state index in [4.69, 9.17) is 0 Å². The van der Waals surface area contributed by atoms with Crippen LogP contribution in [-0.4, -0.2) is 5.78 Å². The monoisotopic (exact) mass is 138 g/mol. The molecule has 10 heavy (non-hydrogen) atoms. The van der Waals surface area contributed by atoms with Crippen LogP contribution in [0.3, 0.4) is 0 Å². The predicted octanol–water partition coefficient (Wildman–Crippen LogP) is 2.16. The molecule has 0 amide bonds. The largest absolute Gasteiger partial charge is 0.299 e. The lowest BCUT2D eigenvalue weighted by molar-refractivity contribution is -0.126. The van der Waals surface area contributed by atoms with E-state index in [1.54, 1.807) is 0 Å². The molecule has 1 nitrogen and oxygen atoms in total. The van der Waals surface area contributed by atoms with Crippen LogP contribution in [0.15, 0.2) is 0 Å². The number of carbonyl (C=O) groups excluding carboxylic acids is 1. The molecule has 56 valence electrons. The van der Waals surface area contributed by atoms with Crippen molar-refractivity contribution in [2.75, 3.05) is 0 Å². The van der Waals surface area contributed by atoms with E-state index in [0.29, 0.717) is 11.7 Å². The molecule has 0 aromatic rings. The highest BCUT2D eigenvalue weighted by Crippen LogP contribution is 2.58. The van der Waals surface area contributed by atoms with Crippen molar-refractivity contribution in [3.8, 4) is 0 Å². The first-order valence-corrected chi connectivity index (χ1v) is 4.29. The summed E-state index contributed by atoms with van der Waals surface area (Å²) in [4.78, 5) is 11.4. The normalized spacial score (nSPS) is 46.1. The molecule has 0 aromatic carbocycles. The average molecular weight is 138 g/mol. The van der Waals surface area contributed by atoms with Gasteiger partial charge >= 0.3 is 0 Å². The summed E-state index contributed by atoms with van der Waals surface area (Å²) in [5, 5.41) is 0. The Labute approximate surface area is 61.8 Å². The summed E-state index contributed by atoms with van der Waals surface area (Å²) in [5.41, 5.74) is 0.207. The fourth-order valence-corrected chi connectivity index (χ4v) is 2.34. The first kappa shape index (κ1) is 6.38. The van der Waals surface area contributed by atoms with Gasteiger partial charge in [-0.2, -0.15) is 0 Å². The highest BCUT2D eigenvalue weighted by atomic mass is 16.1. The minimum atomic E-state index is 0.207.